The Morgan fingerprint density at radius 1 is 1.43 bits per heavy atom. The van der Waals surface area contributed by atoms with E-state index in [2.05, 4.69) is 5.10 Å². The second-order valence-corrected chi connectivity index (χ2v) is 6.36. The number of carbonyl (C=O) groups is 1. The predicted octanol–water partition coefficient (Wildman–Crippen LogP) is 0.927. The Hall–Kier alpha value is -2.66. The van der Waals surface area contributed by atoms with Gasteiger partial charge in [-0.15, -0.1) is 0 Å². The van der Waals surface area contributed by atoms with Crippen LogP contribution in [0.25, 0.3) is 0 Å². The lowest BCUT2D eigenvalue weighted by Gasteiger charge is -2.05. The molecule has 0 unspecified atom stereocenters. The van der Waals surface area contributed by atoms with E-state index < -0.39 is 15.8 Å². The van der Waals surface area contributed by atoms with Gasteiger partial charge in [0.1, 0.15) is 0 Å². The van der Waals surface area contributed by atoms with Crippen LogP contribution in [0.1, 0.15) is 15.9 Å². The predicted molar refractivity (Wildman–Crippen MR) is 72.4 cm³/mol. The zero-order chi connectivity index (χ0) is 15.5. The van der Waals surface area contributed by atoms with Crippen molar-refractivity contribution in [2.75, 3.05) is 5.75 Å². The number of aromatic carboxylic acids is 1. The van der Waals surface area contributed by atoms with Crippen LogP contribution in [0.4, 0.5) is 0 Å². The van der Waals surface area contributed by atoms with E-state index in [-0.39, 0.29) is 28.3 Å². The first kappa shape index (κ1) is 14.7. The van der Waals surface area contributed by atoms with Gasteiger partial charge in [-0.05, 0) is 18.2 Å². The molecule has 0 amide bonds. The Labute approximate surface area is 121 Å². The summed E-state index contributed by atoms with van der Waals surface area (Å²) in [7, 11) is -3.56. The molecule has 1 N–H and O–H groups in total. The van der Waals surface area contributed by atoms with Crippen molar-refractivity contribution < 1.29 is 18.3 Å². The number of hydrogen-bond donors (Lipinski definition) is 1. The van der Waals surface area contributed by atoms with Gasteiger partial charge >= 0.3 is 5.97 Å². The van der Waals surface area contributed by atoms with E-state index in [1.807, 2.05) is 6.07 Å². The van der Waals surface area contributed by atoms with Crippen molar-refractivity contribution in [1.82, 2.24) is 9.78 Å². The monoisotopic (exact) mass is 305 g/mol. The molecule has 8 heteroatoms. The quantitative estimate of drug-likeness (QED) is 0.879. The van der Waals surface area contributed by atoms with Crippen molar-refractivity contribution in [3.8, 4) is 6.07 Å². The van der Waals surface area contributed by atoms with Crippen molar-refractivity contribution >= 4 is 15.8 Å². The molecule has 7 nitrogen and oxygen atoms in total. The van der Waals surface area contributed by atoms with E-state index in [1.54, 1.807) is 0 Å². The van der Waals surface area contributed by atoms with Crippen LogP contribution in [0.2, 0.25) is 0 Å². The van der Waals surface area contributed by atoms with Crippen LogP contribution >= 0.6 is 0 Å². The van der Waals surface area contributed by atoms with Gasteiger partial charge in [0.25, 0.3) is 0 Å². The number of sulfone groups is 1. The summed E-state index contributed by atoms with van der Waals surface area (Å²) >= 11 is 0. The highest BCUT2D eigenvalue weighted by molar-refractivity contribution is 7.91. The van der Waals surface area contributed by atoms with E-state index in [1.165, 1.54) is 35.1 Å². The number of nitrogens with zero attached hydrogens (tertiary/aromatic N) is 3. The van der Waals surface area contributed by atoms with Gasteiger partial charge in [0.2, 0.25) is 0 Å². The molecule has 0 saturated carbocycles. The number of carboxylic acids is 1. The van der Waals surface area contributed by atoms with E-state index in [0.29, 0.717) is 0 Å². The van der Waals surface area contributed by atoms with Gasteiger partial charge in [0.05, 0.1) is 40.6 Å². The summed E-state index contributed by atoms with van der Waals surface area (Å²) in [6.07, 6.45) is 2.43. The molecular weight excluding hydrogens is 294 g/mol. The minimum Gasteiger partial charge on any atom is -0.478 e. The third-order valence-corrected chi connectivity index (χ3v) is 4.48. The smallest absolute Gasteiger partial charge is 0.338 e. The lowest BCUT2D eigenvalue weighted by molar-refractivity contribution is 0.0696. The summed E-state index contributed by atoms with van der Waals surface area (Å²) in [5.41, 5.74) is 0.266. The molecule has 0 radical (unpaired) electrons. The molecule has 1 heterocycles. The topological polar surface area (TPSA) is 113 Å². The summed E-state index contributed by atoms with van der Waals surface area (Å²) in [6, 6.07) is 7.63. The van der Waals surface area contributed by atoms with Crippen molar-refractivity contribution in [2.45, 2.75) is 11.4 Å². The van der Waals surface area contributed by atoms with Gasteiger partial charge in [-0.1, -0.05) is 6.07 Å². The van der Waals surface area contributed by atoms with Crippen LogP contribution in [0, 0.1) is 11.3 Å². The van der Waals surface area contributed by atoms with Crippen molar-refractivity contribution in [2.24, 2.45) is 0 Å². The molecule has 0 spiro atoms. The minimum absolute atomic E-state index is 0.00104. The third kappa shape index (κ3) is 3.46. The first-order chi connectivity index (χ1) is 9.92. The highest BCUT2D eigenvalue weighted by Gasteiger charge is 2.16. The van der Waals surface area contributed by atoms with E-state index >= 15 is 0 Å². The molecule has 0 aliphatic carbocycles. The molecule has 0 aliphatic heterocycles. The Morgan fingerprint density at radius 3 is 2.81 bits per heavy atom. The zero-order valence-corrected chi connectivity index (χ0v) is 11.6. The molecular formula is C13H11N3O4S. The Kier molecular flexibility index (Phi) is 4.05. The lowest BCUT2D eigenvalue weighted by atomic mass is 10.2. The Morgan fingerprint density at radius 2 is 2.19 bits per heavy atom. The first-order valence-electron chi connectivity index (χ1n) is 5.91. The summed E-state index contributed by atoms with van der Waals surface area (Å²) < 4.78 is 25.6. The maximum Gasteiger partial charge on any atom is 0.338 e. The van der Waals surface area contributed by atoms with Gasteiger partial charge in [0.15, 0.2) is 9.84 Å². The van der Waals surface area contributed by atoms with E-state index in [0.717, 1.165) is 6.20 Å². The van der Waals surface area contributed by atoms with E-state index in [4.69, 9.17) is 10.4 Å². The maximum atomic E-state index is 12.1. The third-order valence-electron chi connectivity index (χ3n) is 2.79. The van der Waals surface area contributed by atoms with Gasteiger partial charge in [-0.3, -0.25) is 4.68 Å². The number of benzene rings is 1. The molecule has 0 fully saturated rings. The number of aryl methyl sites for hydroxylation is 1. The summed E-state index contributed by atoms with van der Waals surface area (Å²) in [5, 5.41) is 21.3. The van der Waals surface area contributed by atoms with Gasteiger partial charge in [-0.25, -0.2) is 13.2 Å². The molecule has 2 aromatic rings. The lowest BCUT2D eigenvalue weighted by Crippen LogP contribution is -2.13. The summed E-state index contributed by atoms with van der Waals surface area (Å²) in [6.45, 7) is 0.0341. The highest BCUT2D eigenvalue weighted by atomic mass is 32.2. The Bertz CT molecular complexity index is 818. The fourth-order valence-electron chi connectivity index (χ4n) is 1.69. The molecule has 0 atom stereocenters. The highest BCUT2D eigenvalue weighted by Crippen LogP contribution is 2.13. The van der Waals surface area contributed by atoms with Crippen LogP contribution in [0.5, 0.6) is 0 Å². The fraction of sp³-hybridized carbons (Fsp3) is 0.154. The number of hydrogen-bond acceptors (Lipinski definition) is 5. The van der Waals surface area contributed by atoms with Crippen molar-refractivity contribution in [3.05, 3.63) is 47.8 Å². The molecule has 0 bridgehead atoms. The van der Waals surface area contributed by atoms with Crippen LogP contribution in [0.15, 0.2) is 41.6 Å². The van der Waals surface area contributed by atoms with Crippen LogP contribution in [0.3, 0.4) is 0 Å². The number of carboxylic acid groups (broad SMARTS) is 1. The summed E-state index contributed by atoms with van der Waals surface area (Å²) in [5.74, 6) is -1.35. The molecule has 2 rings (SSSR count). The Balaban J connectivity index is 2.13. The van der Waals surface area contributed by atoms with Crippen LogP contribution in [-0.2, 0) is 16.4 Å². The number of aromatic nitrogens is 2. The molecule has 21 heavy (non-hydrogen) atoms. The number of rotatable bonds is 5. The van der Waals surface area contributed by atoms with Crippen molar-refractivity contribution in [3.63, 3.8) is 0 Å². The second-order valence-electron chi connectivity index (χ2n) is 4.26. The zero-order valence-electron chi connectivity index (χ0n) is 10.8. The minimum atomic E-state index is -3.56. The van der Waals surface area contributed by atoms with E-state index in [9.17, 15) is 13.2 Å². The molecule has 0 saturated heterocycles. The normalized spacial score (nSPS) is 11.0. The SMILES string of the molecule is N#Cc1cccc(S(=O)(=O)CCn2cc(C(=O)O)cn2)c1. The van der Waals surface area contributed by atoms with Crippen LogP contribution in [-0.4, -0.2) is 35.0 Å². The standard InChI is InChI=1S/C13H11N3O4S/c14-7-10-2-1-3-12(6-10)21(19,20)5-4-16-9-11(8-15-16)13(17)18/h1-3,6,8-9H,4-5H2,(H,17,18). The van der Waals surface area contributed by atoms with Gasteiger partial charge in [-0.2, -0.15) is 10.4 Å². The van der Waals surface area contributed by atoms with Crippen molar-refractivity contribution in [1.29, 1.82) is 5.26 Å². The molecule has 1 aromatic carbocycles. The number of nitriles is 1. The molecule has 108 valence electrons. The summed E-state index contributed by atoms with van der Waals surface area (Å²) in [4.78, 5) is 10.8. The second kappa shape index (κ2) is 5.76. The van der Waals surface area contributed by atoms with Gasteiger partial charge < -0.3 is 5.11 Å². The largest absolute Gasteiger partial charge is 0.478 e. The average molecular weight is 305 g/mol. The maximum absolute atomic E-state index is 12.1. The van der Waals surface area contributed by atoms with Gasteiger partial charge in [0, 0.05) is 6.20 Å². The molecule has 0 aliphatic rings. The van der Waals surface area contributed by atoms with Crippen LogP contribution < -0.4 is 0 Å². The first-order valence-corrected chi connectivity index (χ1v) is 7.56. The fourth-order valence-corrected chi connectivity index (χ4v) is 2.94. The average Bonchev–Trinajstić information content (AvgIpc) is 2.94. The molecule has 1 aromatic heterocycles.